The van der Waals surface area contributed by atoms with Crippen LogP contribution in [0.3, 0.4) is 0 Å². The largest absolute Gasteiger partial charge is 0.379 e. The predicted octanol–water partition coefficient (Wildman–Crippen LogP) is 1.08. The topological polar surface area (TPSA) is 86.4 Å². The number of fused-ring (bicyclic) bond motifs is 2. The average molecular weight is 548 g/mol. The van der Waals surface area contributed by atoms with Gasteiger partial charge in [0.2, 0.25) is 0 Å². The molecule has 218 valence electrons. The molecule has 7 atom stereocenters. The zero-order chi connectivity index (χ0) is 26.8. The van der Waals surface area contributed by atoms with Gasteiger partial charge in [-0.25, -0.2) is 4.39 Å². The molecule has 0 aromatic carbocycles. The summed E-state index contributed by atoms with van der Waals surface area (Å²) in [7, 11) is 0. The Kier molecular flexibility index (Phi) is 8.84. The molecule has 10 heteroatoms. The van der Waals surface area contributed by atoms with Gasteiger partial charge in [-0.2, -0.15) is 0 Å². The van der Waals surface area contributed by atoms with Crippen LogP contribution in [0.5, 0.6) is 0 Å². The van der Waals surface area contributed by atoms with Crippen LogP contribution in [0.1, 0.15) is 51.4 Å². The molecule has 4 heterocycles. The Bertz CT molecular complexity index is 908. The molecule has 0 bridgehead atoms. The quantitative estimate of drug-likeness (QED) is 0.328. The molecule has 0 radical (unpaired) electrons. The molecule has 5 fully saturated rings. The lowest BCUT2D eigenvalue weighted by atomic mass is 9.69. The zero-order valence-electron chi connectivity index (χ0n) is 23.2. The molecule has 3 saturated heterocycles. The molecule has 2 aliphatic carbocycles. The van der Waals surface area contributed by atoms with E-state index >= 15 is 4.39 Å². The number of nitrogens with zero attached hydrogens (tertiary/aromatic N) is 3. The van der Waals surface area contributed by atoms with Crippen molar-refractivity contribution in [2.45, 2.75) is 87.9 Å². The third-order valence-corrected chi connectivity index (χ3v) is 9.87. The SMILES string of the molecule is O=C(NCCCN1CCOCC1)C1=CN2C3CCCCC3OC3C(NCCN4CCCC4)C(F)CC(C1=O)C32. The Morgan fingerprint density at radius 3 is 2.59 bits per heavy atom. The van der Waals surface area contributed by atoms with E-state index in [2.05, 4.69) is 25.3 Å². The third kappa shape index (κ3) is 5.91. The highest BCUT2D eigenvalue weighted by atomic mass is 19.1. The van der Waals surface area contributed by atoms with Crippen LogP contribution in [0.15, 0.2) is 11.8 Å². The first-order valence-corrected chi connectivity index (χ1v) is 15.5. The van der Waals surface area contributed by atoms with E-state index in [0.717, 1.165) is 91.1 Å². The number of amides is 1. The summed E-state index contributed by atoms with van der Waals surface area (Å²) in [6.45, 7) is 8.61. The van der Waals surface area contributed by atoms with E-state index < -0.39 is 24.2 Å². The Balaban J connectivity index is 1.14. The Hall–Kier alpha value is -1.59. The Morgan fingerprint density at radius 1 is 1.00 bits per heavy atom. The van der Waals surface area contributed by atoms with Crippen molar-refractivity contribution in [3.05, 3.63) is 11.8 Å². The van der Waals surface area contributed by atoms with Crippen molar-refractivity contribution in [3.8, 4) is 0 Å². The van der Waals surface area contributed by atoms with E-state index in [-0.39, 0.29) is 41.9 Å². The minimum Gasteiger partial charge on any atom is -0.379 e. The Labute approximate surface area is 231 Å². The van der Waals surface area contributed by atoms with Crippen LogP contribution in [0.25, 0.3) is 0 Å². The molecule has 2 N–H and O–H groups in total. The van der Waals surface area contributed by atoms with E-state index in [4.69, 9.17) is 9.47 Å². The standard InChI is InChI=1S/C29H46FN5O4/c30-22-18-20-26-28(25(22)31-9-13-33-10-3-4-11-33)39-24-7-2-1-6-23(24)35(26)19-21(27(20)36)29(37)32-8-5-12-34-14-16-38-17-15-34/h19-20,22-26,28,31H,1-18H2,(H,32,37). The summed E-state index contributed by atoms with van der Waals surface area (Å²) < 4.78 is 27.9. The van der Waals surface area contributed by atoms with E-state index in [1.165, 1.54) is 12.8 Å². The highest BCUT2D eigenvalue weighted by Gasteiger charge is 2.58. The molecule has 2 saturated carbocycles. The summed E-state index contributed by atoms with van der Waals surface area (Å²) >= 11 is 0. The number of likely N-dealkylation sites (tertiary alicyclic amines) is 1. The number of morpholine rings is 2. The first-order valence-electron chi connectivity index (χ1n) is 15.5. The van der Waals surface area contributed by atoms with Crippen LogP contribution >= 0.6 is 0 Å². The second-order valence-corrected chi connectivity index (χ2v) is 12.3. The van der Waals surface area contributed by atoms with Gasteiger partial charge < -0.3 is 29.9 Å². The number of hydrogen-bond acceptors (Lipinski definition) is 8. The van der Waals surface area contributed by atoms with Crippen molar-refractivity contribution in [1.82, 2.24) is 25.3 Å². The number of ketones is 1. The van der Waals surface area contributed by atoms with Crippen LogP contribution < -0.4 is 10.6 Å². The normalized spacial score (nSPS) is 37.3. The molecule has 0 aromatic rings. The Morgan fingerprint density at radius 2 is 1.77 bits per heavy atom. The van der Waals surface area contributed by atoms with Crippen molar-refractivity contribution in [2.75, 3.05) is 65.6 Å². The lowest BCUT2D eigenvalue weighted by Crippen LogP contribution is -2.73. The first kappa shape index (κ1) is 27.6. The molecular weight excluding hydrogens is 501 g/mol. The summed E-state index contributed by atoms with van der Waals surface area (Å²) in [6.07, 6.45) is 7.81. The number of hydrogen-bond donors (Lipinski definition) is 2. The summed E-state index contributed by atoms with van der Waals surface area (Å²) in [5.41, 5.74) is 0.195. The van der Waals surface area contributed by atoms with Crippen molar-refractivity contribution in [3.63, 3.8) is 0 Å². The summed E-state index contributed by atoms with van der Waals surface area (Å²) in [5, 5.41) is 6.48. The van der Waals surface area contributed by atoms with Crippen LogP contribution in [0.2, 0.25) is 0 Å². The van der Waals surface area contributed by atoms with E-state index in [1.54, 1.807) is 0 Å². The number of ether oxygens (including phenoxy) is 2. The van der Waals surface area contributed by atoms with Gasteiger partial charge in [0.1, 0.15) is 6.17 Å². The number of rotatable bonds is 9. The second kappa shape index (κ2) is 12.5. The lowest BCUT2D eigenvalue weighted by molar-refractivity contribution is -0.197. The van der Waals surface area contributed by atoms with Crippen LogP contribution in [0, 0.1) is 5.92 Å². The van der Waals surface area contributed by atoms with Crippen LogP contribution in [-0.4, -0.2) is 128 Å². The van der Waals surface area contributed by atoms with E-state index in [0.29, 0.717) is 6.54 Å². The van der Waals surface area contributed by atoms with Crippen molar-refractivity contribution >= 4 is 11.7 Å². The summed E-state index contributed by atoms with van der Waals surface area (Å²) in [5.74, 6) is -1.09. The molecule has 39 heavy (non-hydrogen) atoms. The molecule has 6 rings (SSSR count). The maximum absolute atomic E-state index is 15.8. The summed E-state index contributed by atoms with van der Waals surface area (Å²) in [4.78, 5) is 34.0. The molecule has 1 amide bonds. The maximum Gasteiger partial charge on any atom is 0.256 e. The molecule has 0 spiro atoms. The fourth-order valence-corrected chi connectivity index (χ4v) is 7.81. The smallest absolute Gasteiger partial charge is 0.256 e. The number of alkyl halides is 1. The van der Waals surface area contributed by atoms with Crippen LogP contribution in [0.4, 0.5) is 4.39 Å². The number of nitrogens with one attached hydrogen (secondary N) is 2. The minimum atomic E-state index is -1.18. The number of carbonyl (C=O) groups is 2. The molecular formula is C29H46FN5O4. The number of carbonyl (C=O) groups excluding carboxylic acids is 2. The summed E-state index contributed by atoms with van der Waals surface area (Å²) in [6, 6.07) is -0.511. The molecule has 0 aromatic heterocycles. The monoisotopic (exact) mass is 547 g/mol. The van der Waals surface area contributed by atoms with Gasteiger partial charge in [-0.15, -0.1) is 0 Å². The van der Waals surface area contributed by atoms with Crippen LogP contribution in [-0.2, 0) is 19.1 Å². The third-order valence-electron chi connectivity index (χ3n) is 9.87. The predicted molar refractivity (Wildman–Crippen MR) is 145 cm³/mol. The number of Topliss-reactive ketones (excluding diaryl/α,β-unsaturated/α-hetero) is 1. The maximum atomic E-state index is 15.8. The fraction of sp³-hybridized carbons (Fsp3) is 0.862. The van der Waals surface area contributed by atoms with Gasteiger partial charge >= 0.3 is 0 Å². The highest BCUT2D eigenvalue weighted by molar-refractivity contribution is 6.20. The number of halogens is 1. The average Bonchev–Trinajstić information content (AvgIpc) is 3.48. The van der Waals surface area contributed by atoms with Gasteiger partial charge in [0, 0.05) is 44.8 Å². The fourth-order valence-electron chi connectivity index (χ4n) is 7.81. The van der Waals surface area contributed by atoms with E-state index in [9.17, 15) is 9.59 Å². The minimum absolute atomic E-state index is 0.0103. The van der Waals surface area contributed by atoms with Gasteiger partial charge in [0.15, 0.2) is 5.78 Å². The van der Waals surface area contributed by atoms with Crippen molar-refractivity contribution in [1.29, 1.82) is 0 Å². The molecule has 4 aliphatic heterocycles. The van der Waals surface area contributed by atoms with E-state index in [1.807, 2.05) is 6.20 Å². The van der Waals surface area contributed by atoms with Gasteiger partial charge in [-0.3, -0.25) is 14.5 Å². The van der Waals surface area contributed by atoms with Gasteiger partial charge in [-0.1, -0.05) is 12.8 Å². The molecule has 9 nitrogen and oxygen atoms in total. The zero-order valence-corrected chi connectivity index (χ0v) is 23.2. The van der Waals surface area contributed by atoms with Crippen molar-refractivity contribution in [2.24, 2.45) is 5.92 Å². The van der Waals surface area contributed by atoms with Gasteiger partial charge in [-0.05, 0) is 58.2 Å². The second-order valence-electron chi connectivity index (χ2n) is 12.3. The van der Waals surface area contributed by atoms with Gasteiger partial charge in [0.25, 0.3) is 5.91 Å². The van der Waals surface area contributed by atoms with Gasteiger partial charge in [0.05, 0.1) is 49.1 Å². The lowest BCUT2D eigenvalue weighted by Gasteiger charge is -2.59. The molecule has 7 unspecified atom stereocenters. The highest BCUT2D eigenvalue weighted by Crippen LogP contribution is 2.45. The molecule has 6 aliphatic rings. The first-order chi connectivity index (χ1) is 19.1. The van der Waals surface area contributed by atoms with Crippen molar-refractivity contribution < 1.29 is 23.5 Å².